The predicted molar refractivity (Wildman–Crippen MR) is 123 cm³/mol. The third-order valence-corrected chi connectivity index (χ3v) is 6.17. The van der Waals surface area contributed by atoms with Gasteiger partial charge in [0.15, 0.2) is 5.16 Å². The number of benzene rings is 3. The number of carbonyl (C=O) groups is 1. The monoisotopic (exact) mass is 436 g/mol. The van der Waals surface area contributed by atoms with Gasteiger partial charge >= 0.3 is 5.97 Å². The summed E-state index contributed by atoms with van der Waals surface area (Å²) in [5, 5.41) is 1.47. The Balaban J connectivity index is 1.57. The zero-order valence-electron chi connectivity index (χ0n) is 16.8. The van der Waals surface area contributed by atoms with Gasteiger partial charge in [0.1, 0.15) is 5.75 Å². The van der Waals surface area contributed by atoms with E-state index in [9.17, 15) is 4.79 Å². The van der Waals surface area contributed by atoms with Crippen molar-refractivity contribution in [1.82, 2.24) is 9.55 Å². The van der Waals surface area contributed by atoms with Crippen molar-refractivity contribution in [3.05, 3.63) is 88.4 Å². The molecular formula is C24H21ClN2O2S. The molecule has 6 heteroatoms. The van der Waals surface area contributed by atoms with Crippen LogP contribution in [-0.4, -0.2) is 21.3 Å². The quantitative estimate of drug-likeness (QED) is 0.209. The topological polar surface area (TPSA) is 44.1 Å². The van der Waals surface area contributed by atoms with E-state index in [2.05, 4.69) is 4.57 Å². The summed E-state index contributed by atoms with van der Waals surface area (Å²) >= 11 is 7.75. The lowest BCUT2D eigenvalue weighted by Gasteiger charge is -2.12. The van der Waals surface area contributed by atoms with Gasteiger partial charge in [-0.3, -0.25) is 4.79 Å². The van der Waals surface area contributed by atoms with Crippen LogP contribution in [0.15, 0.2) is 71.9 Å². The number of fused-ring (bicyclic) bond motifs is 1. The molecule has 152 valence electrons. The Morgan fingerprint density at radius 3 is 2.47 bits per heavy atom. The zero-order chi connectivity index (χ0) is 21.1. The summed E-state index contributed by atoms with van der Waals surface area (Å²) < 4.78 is 7.72. The Kier molecular flexibility index (Phi) is 6.11. The molecule has 30 heavy (non-hydrogen) atoms. The number of esters is 1. The summed E-state index contributed by atoms with van der Waals surface area (Å²) in [5.41, 5.74) is 4.78. The number of aryl methyl sites for hydroxylation is 2. The maximum absolute atomic E-state index is 12.5. The molecule has 4 nitrogen and oxygen atoms in total. The van der Waals surface area contributed by atoms with E-state index in [0.717, 1.165) is 32.9 Å². The number of nitrogens with zero attached hydrogens (tertiary/aromatic N) is 2. The molecule has 0 unspecified atom stereocenters. The number of aromatic nitrogens is 2. The molecule has 1 heterocycles. The molecule has 0 saturated heterocycles. The van der Waals surface area contributed by atoms with E-state index in [0.29, 0.717) is 17.3 Å². The molecule has 0 spiro atoms. The molecule has 1 aromatic heterocycles. The maximum atomic E-state index is 12.5. The van der Waals surface area contributed by atoms with Gasteiger partial charge in [-0.25, -0.2) is 4.98 Å². The maximum Gasteiger partial charge on any atom is 0.321 e. The fourth-order valence-electron chi connectivity index (χ4n) is 3.34. The minimum Gasteiger partial charge on any atom is -0.425 e. The first-order valence-electron chi connectivity index (χ1n) is 9.61. The van der Waals surface area contributed by atoms with Gasteiger partial charge in [0.25, 0.3) is 0 Å². The number of imidazole rings is 1. The molecule has 3 aromatic carbocycles. The predicted octanol–water partition coefficient (Wildman–Crippen LogP) is 6.05. The Labute approximate surface area is 184 Å². The molecule has 0 saturated carbocycles. The van der Waals surface area contributed by atoms with E-state index in [-0.39, 0.29) is 11.7 Å². The lowest BCUT2D eigenvalue weighted by molar-refractivity contribution is -0.131. The van der Waals surface area contributed by atoms with Gasteiger partial charge in [-0.1, -0.05) is 71.9 Å². The number of rotatable bonds is 6. The Morgan fingerprint density at radius 2 is 1.70 bits per heavy atom. The van der Waals surface area contributed by atoms with E-state index < -0.39 is 0 Å². The zero-order valence-corrected chi connectivity index (χ0v) is 18.3. The molecular weight excluding hydrogens is 416 g/mol. The van der Waals surface area contributed by atoms with Crippen molar-refractivity contribution in [1.29, 1.82) is 0 Å². The molecule has 0 atom stereocenters. The highest BCUT2D eigenvalue weighted by atomic mass is 35.5. The number of ether oxygens (including phenoxy) is 1. The molecule has 0 bridgehead atoms. The second-order valence-corrected chi connectivity index (χ2v) is 8.39. The van der Waals surface area contributed by atoms with E-state index in [4.69, 9.17) is 21.3 Å². The van der Waals surface area contributed by atoms with Crippen LogP contribution in [-0.2, 0) is 11.3 Å². The molecule has 0 fully saturated rings. The van der Waals surface area contributed by atoms with Crippen LogP contribution in [0.1, 0.15) is 16.7 Å². The summed E-state index contributed by atoms with van der Waals surface area (Å²) in [7, 11) is 0. The van der Waals surface area contributed by atoms with Crippen molar-refractivity contribution in [2.75, 3.05) is 5.75 Å². The first-order valence-corrected chi connectivity index (χ1v) is 11.0. The van der Waals surface area contributed by atoms with Crippen molar-refractivity contribution in [3.63, 3.8) is 0 Å². The van der Waals surface area contributed by atoms with Crippen LogP contribution in [0.4, 0.5) is 0 Å². The second kappa shape index (κ2) is 8.94. The molecule has 0 aliphatic heterocycles. The normalized spacial score (nSPS) is 11.0. The Morgan fingerprint density at radius 1 is 1.00 bits per heavy atom. The van der Waals surface area contributed by atoms with E-state index in [1.54, 1.807) is 0 Å². The van der Waals surface area contributed by atoms with E-state index in [1.807, 2.05) is 80.6 Å². The molecule has 0 amide bonds. The number of thioether (sulfide) groups is 1. The van der Waals surface area contributed by atoms with Gasteiger partial charge in [0, 0.05) is 5.02 Å². The average molecular weight is 437 g/mol. The molecule has 0 aliphatic carbocycles. The third-order valence-electron chi connectivity index (χ3n) is 4.85. The van der Waals surface area contributed by atoms with Crippen molar-refractivity contribution in [2.24, 2.45) is 0 Å². The lowest BCUT2D eigenvalue weighted by Crippen LogP contribution is -2.13. The van der Waals surface area contributed by atoms with Crippen LogP contribution in [0.3, 0.4) is 0 Å². The largest absolute Gasteiger partial charge is 0.425 e. The fraction of sp³-hybridized carbons (Fsp3) is 0.167. The minimum atomic E-state index is -0.297. The van der Waals surface area contributed by atoms with Gasteiger partial charge < -0.3 is 9.30 Å². The van der Waals surface area contributed by atoms with Gasteiger partial charge in [0.2, 0.25) is 0 Å². The summed E-state index contributed by atoms with van der Waals surface area (Å²) in [5.74, 6) is 0.501. The number of halogens is 1. The average Bonchev–Trinajstić information content (AvgIpc) is 3.08. The number of carbonyl (C=O) groups excluding carboxylic acids is 1. The summed E-state index contributed by atoms with van der Waals surface area (Å²) in [4.78, 5) is 17.3. The van der Waals surface area contributed by atoms with Gasteiger partial charge in [-0.05, 0) is 48.7 Å². The highest BCUT2D eigenvalue weighted by molar-refractivity contribution is 7.99. The smallest absolute Gasteiger partial charge is 0.321 e. The lowest BCUT2D eigenvalue weighted by atomic mass is 10.1. The highest BCUT2D eigenvalue weighted by Gasteiger charge is 2.16. The van der Waals surface area contributed by atoms with E-state index >= 15 is 0 Å². The van der Waals surface area contributed by atoms with Crippen molar-refractivity contribution in [2.45, 2.75) is 25.5 Å². The SMILES string of the molecule is Cc1cccc(C)c1OC(=O)CSc1nc2ccccc2n1Cc1ccccc1Cl. The van der Waals surface area contributed by atoms with E-state index in [1.165, 1.54) is 11.8 Å². The fourth-order valence-corrected chi connectivity index (χ4v) is 4.32. The van der Waals surface area contributed by atoms with Gasteiger partial charge in [-0.15, -0.1) is 0 Å². The molecule has 0 N–H and O–H groups in total. The molecule has 4 rings (SSSR count). The van der Waals surface area contributed by atoms with Gasteiger partial charge in [0.05, 0.1) is 23.3 Å². The van der Waals surface area contributed by atoms with Crippen LogP contribution in [0.5, 0.6) is 5.75 Å². The van der Waals surface area contributed by atoms with Crippen molar-refractivity contribution < 1.29 is 9.53 Å². The molecule has 0 radical (unpaired) electrons. The highest BCUT2D eigenvalue weighted by Crippen LogP contribution is 2.28. The van der Waals surface area contributed by atoms with Crippen LogP contribution in [0.25, 0.3) is 11.0 Å². The van der Waals surface area contributed by atoms with Crippen LogP contribution >= 0.6 is 23.4 Å². The molecule has 4 aromatic rings. The number of hydrogen-bond acceptors (Lipinski definition) is 4. The second-order valence-electron chi connectivity index (χ2n) is 7.04. The van der Waals surface area contributed by atoms with Gasteiger partial charge in [-0.2, -0.15) is 0 Å². The van der Waals surface area contributed by atoms with Crippen LogP contribution in [0, 0.1) is 13.8 Å². The van der Waals surface area contributed by atoms with Crippen LogP contribution < -0.4 is 4.74 Å². The number of hydrogen-bond donors (Lipinski definition) is 0. The summed E-state index contributed by atoms with van der Waals surface area (Å²) in [6.07, 6.45) is 0. The summed E-state index contributed by atoms with van der Waals surface area (Å²) in [6.45, 7) is 4.45. The number of para-hydroxylation sites is 3. The van der Waals surface area contributed by atoms with Crippen molar-refractivity contribution >= 4 is 40.4 Å². The third kappa shape index (κ3) is 4.37. The first kappa shape index (κ1) is 20.5. The molecule has 0 aliphatic rings. The summed E-state index contributed by atoms with van der Waals surface area (Å²) in [6, 6.07) is 21.5. The first-order chi connectivity index (χ1) is 14.5. The van der Waals surface area contributed by atoms with Crippen molar-refractivity contribution in [3.8, 4) is 5.75 Å². The Hall–Kier alpha value is -2.76. The minimum absolute atomic E-state index is 0.166. The Bertz CT molecular complexity index is 1200. The standard InChI is InChI=1S/C24H21ClN2O2S/c1-16-8-7-9-17(2)23(16)29-22(28)15-30-24-26-20-12-5-6-13-21(20)27(24)14-18-10-3-4-11-19(18)25/h3-13H,14-15H2,1-2H3. The van der Waals surface area contributed by atoms with Crippen LogP contribution in [0.2, 0.25) is 5.02 Å².